The lowest BCUT2D eigenvalue weighted by atomic mass is 10.1. The molecule has 1 aromatic rings. The van der Waals surface area contributed by atoms with Crippen LogP contribution in [0.15, 0.2) is 24.3 Å². The molecule has 1 aromatic carbocycles. The SMILES string of the molecule is Cc1cccc(C(C)NCCCN2CCOCC2)c1. The van der Waals surface area contributed by atoms with Crippen LogP contribution in [0.4, 0.5) is 0 Å². The van der Waals surface area contributed by atoms with Crippen molar-refractivity contribution in [1.29, 1.82) is 0 Å². The lowest BCUT2D eigenvalue weighted by molar-refractivity contribution is 0.0374. The molecule has 0 spiro atoms. The van der Waals surface area contributed by atoms with Gasteiger partial charge in [-0.15, -0.1) is 0 Å². The molecule has 1 fully saturated rings. The number of morpholine rings is 1. The van der Waals surface area contributed by atoms with Gasteiger partial charge in [-0.2, -0.15) is 0 Å². The van der Waals surface area contributed by atoms with E-state index in [1.54, 1.807) is 0 Å². The van der Waals surface area contributed by atoms with Gasteiger partial charge in [0, 0.05) is 19.1 Å². The number of ether oxygens (including phenoxy) is 1. The molecule has 0 aliphatic carbocycles. The van der Waals surface area contributed by atoms with Crippen molar-refractivity contribution in [2.24, 2.45) is 0 Å². The van der Waals surface area contributed by atoms with E-state index in [-0.39, 0.29) is 0 Å². The maximum absolute atomic E-state index is 5.36. The van der Waals surface area contributed by atoms with E-state index < -0.39 is 0 Å². The van der Waals surface area contributed by atoms with Crippen LogP contribution in [0.2, 0.25) is 0 Å². The van der Waals surface area contributed by atoms with Crippen molar-refractivity contribution < 1.29 is 4.74 Å². The molecule has 3 nitrogen and oxygen atoms in total. The molecule has 0 bridgehead atoms. The monoisotopic (exact) mass is 262 g/mol. The fourth-order valence-electron chi connectivity index (χ4n) is 2.50. The number of hydrogen-bond donors (Lipinski definition) is 1. The molecule has 1 saturated heterocycles. The molecule has 0 amide bonds. The molecule has 1 heterocycles. The Morgan fingerprint density at radius 3 is 2.84 bits per heavy atom. The molecule has 3 heteroatoms. The van der Waals surface area contributed by atoms with E-state index >= 15 is 0 Å². The number of rotatable bonds is 6. The Morgan fingerprint density at radius 1 is 1.32 bits per heavy atom. The number of aryl methyl sites for hydroxylation is 1. The van der Waals surface area contributed by atoms with Crippen LogP contribution < -0.4 is 5.32 Å². The van der Waals surface area contributed by atoms with E-state index in [2.05, 4.69) is 48.3 Å². The largest absolute Gasteiger partial charge is 0.379 e. The predicted molar refractivity (Wildman–Crippen MR) is 79.5 cm³/mol. The summed E-state index contributed by atoms with van der Waals surface area (Å²) < 4.78 is 5.36. The van der Waals surface area contributed by atoms with Crippen LogP contribution in [0, 0.1) is 6.92 Å². The van der Waals surface area contributed by atoms with Crippen molar-refractivity contribution in [3.63, 3.8) is 0 Å². The third-order valence-electron chi connectivity index (χ3n) is 3.75. The molecule has 1 atom stereocenters. The highest BCUT2D eigenvalue weighted by Gasteiger charge is 2.09. The summed E-state index contributed by atoms with van der Waals surface area (Å²) in [6.07, 6.45) is 1.20. The number of nitrogens with one attached hydrogen (secondary N) is 1. The smallest absolute Gasteiger partial charge is 0.0594 e. The molecule has 106 valence electrons. The van der Waals surface area contributed by atoms with Crippen molar-refractivity contribution in [2.75, 3.05) is 39.4 Å². The fraction of sp³-hybridized carbons (Fsp3) is 0.625. The van der Waals surface area contributed by atoms with E-state index in [1.165, 1.54) is 24.1 Å². The summed E-state index contributed by atoms with van der Waals surface area (Å²) in [5, 5.41) is 3.61. The van der Waals surface area contributed by atoms with E-state index in [4.69, 9.17) is 4.74 Å². The minimum Gasteiger partial charge on any atom is -0.379 e. The van der Waals surface area contributed by atoms with Crippen LogP contribution in [-0.2, 0) is 4.74 Å². The maximum atomic E-state index is 5.36. The van der Waals surface area contributed by atoms with Crippen molar-refractivity contribution in [3.8, 4) is 0 Å². The second-order valence-corrected chi connectivity index (χ2v) is 5.40. The summed E-state index contributed by atoms with van der Waals surface area (Å²) in [5.74, 6) is 0. The lowest BCUT2D eigenvalue weighted by Crippen LogP contribution is -2.37. The van der Waals surface area contributed by atoms with E-state index in [1.807, 2.05) is 0 Å². The topological polar surface area (TPSA) is 24.5 Å². The van der Waals surface area contributed by atoms with Gasteiger partial charge < -0.3 is 10.1 Å². The van der Waals surface area contributed by atoms with Crippen LogP contribution in [0.25, 0.3) is 0 Å². The van der Waals surface area contributed by atoms with Crippen molar-refractivity contribution in [2.45, 2.75) is 26.3 Å². The molecule has 19 heavy (non-hydrogen) atoms. The number of nitrogens with zero attached hydrogens (tertiary/aromatic N) is 1. The highest BCUT2D eigenvalue weighted by Crippen LogP contribution is 2.13. The van der Waals surface area contributed by atoms with Gasteiger partial charge in [0.2, 0.25) is 0 Å². The lowest BCUT2D eigenvalue weighted by Gasteiger charge is -2.26. The van der Waals surface area contributed by atoms with Crippen LogP contribution in [-0.4, -0.2) is 44.3 Å². The normalized spacial score (nSPS) is 18.4. The Bertz CT molecular complexity index is 375. The molecule has 0 radical (unpaired) electrons. The Hall–Kier alpha value is -0.900. The minimum atomic E-state index is 0.435. The summed E-state index contributed by atoms with van der Waals surface area (Å²) in [7, 11) is 0. The van der Waals surface area contributed by atoms with Crippen LogP contribution >= 0.6 is 0 Å². The van der Waals surface area contributed by atoms with Gasteiger partial charge >= 0.3 is 0 Å². The van der Waals surface area contributed by atoms with Gasteiger partial charge in [-0.1, -0.05) is 29.8 Å². The van der Waals surface area contributed by atoms with Crippen molar-refractivity contribution in [1.82, 2.24) is 10.2 Å². The van der Waals surface area contributed by atoms with Crippen LogP contribution in [0.3, 0.4) is 0 Å². The Labute approximate surface area is 116 Å². The zero-order valence-electron chi connectivity index (χ0n) is 12.2. The zero-order chi connectivity index (χ0) is 13.5. The molecule has 0 saturated carbocycles. The number of hydrogen-bond acceptors (Lipinski definition) is 3. The molecule has 1 aliphatic rings. The van der Waals surface area contributed by atoms with Gasteiger partial charge in [0.15, 0.2) is 0 Å². The average molecular weight is 262 g/mol. The van der Waals surface area contributed by atoms with Gasteiger partial charge in [0.1, 0.15) is 0 Å². The minimum absolute atomic E-state index is 0.435. The first-order chi connectivity index (χ1) is 9.25. The highest BCUT2D eigenvalue weighted by molar-refractivity contribution is 5.24. The van der Waals surface area contributed by atoms with Gasteiger partial charge in [-0.25, -0.2) is 0 Å². The second kappa shape index (κ2) is 7.63. The second-order valence-electron chi connectivity index (χ2n) is 5.40. The van der Waals surface area contributed by atoms with E-state index in [9.17, 15) is 0 Å². The molecule has 0 aromatic heterocycles. The van der Waals surface area contributed by atoms with Crippen molar-refractivity contribution >= 4 is 0 Å². The van der Waals surface area contributed by atoms with Crippen LogP contribution in [0.1, 0.15) is 30.5 Å². The van der Waals surface area contributed by atoms with E-state index in [0.29, 0.717) is 6.04 Å². The molecular formula is C16H26N2O. The van der Waals surface area contributed by atoms with Crippen LogP contribution in [0.5, 0.6) is 0 Å². The summed E-state index contributed by atoms with van der Waals surface area (Å²) in [4.78, 5) is 2.49. The van der Waals surface area contributed by atoms with Gasteiger partial charge in [0.25, 0.3) is 0 Å². The van der Waals surface area contributed by atoms with Gasteiger partial charge in [-0.05, 0) is 38.9 Å². The van der Waals surface area contributed by atoms with Crippen molar-refractivity contribution in [3.05, 3.63) is 35.4 Å². The summed E-state index contributed by atoms with van der Waals surface area (Å²) >= 11 is 0. The summed E-state index contributed by atoms with van der Waals surface area (Å²) in [5.41, 5.74) is 2.71. The highest BCUT2D eigenvalue weighted by atomic mass is 16.5. The predicted octanol–water partition coefficient (Wildman–Crippen LogP) is 2.37. The summed E-state index contributed by atoms with van der Waals surface area (Å²) in [6.45, 7) is 10.6. The number of benzene rings is 1. The van der Waals surface area contributed by atoms with Gasteiger partial charge in [-0.3, -0.25) is 4.90 Å². The molecule has 1 unspecified atom stereocenters. The zero-order valence-corrected chi connectivity index (χ0v) is 12.2. The first kappa shape index (κ1) is 14.5. The Kier molecular flexibility index (Phi) is 5.83. The maximum Gasteiger partial charge on any atom is 0.0594 e. The molecule has 1 N–H and O–H groups in total. The standard InChI is InChI=1S/C16H26N2O/c1-14-5-3-6-16(13-14)15(2)17-7-4-8-18-9-11-19-12-10-18/h3,5-6,13,15,17H,4,7-12H2,1-2H3. The van der Waals surface area contributed by atoms with Gasteiger partial charge in [0.05, 0.1) is 13.2 Å². The molecule has 2 rings (SSSR count). The van der Waals surface area contributed by atoms with E-state index in [0.717, 1.165) is 32.8 Å². The Morgan fingerprint density at radius 2 is 2.11 bits per heavy atom. The average Bonchev–Trinajstić information content (AvgIpc) is 2.44. The molecule has 1 aliphatic heterocycles. The quantitative estimate of drug-likeness (QED) is 0.797. The third kappa shape index (κ3) is 4.94. The first-order valence-electron chi connectivity index (χ1n) is 7.36. The molecular weight excluding hydrogens is 236 g/mol. The first-order valence-corrected chi connectivity index (χ1v) is 7.36. The summed E-state index contributed by atoms with van der Waals surface area (Å²) in [6, 6.07) is 9.18. The Balaban J connectivity index is 1.64. The fourth-order valence-corrected chi connectivity index (χ4v) is 2.50. The third-order valence-corrected chi connectivity index (χ3v) is 3.75.